The SMILES string of the molecule is Cc1ccc(SSc2nnc(-c3ccccc3)s2)cc1. The molecule has 0 N–H and O–H groups in total. The maximum atomic E-state index is 4.25. The van der Waals surface area contributed by atoms with E-state index in [1.54, 1.807) is 32.9 Å². The van der Waals surface area contributed by atoms with E-state index in [4.69, 9.17) is 0 Å². The van der Waals surface area contributed by atoms with Crippen molar-refractivity contribution in [3.05, 3.63) is 60.2 Å². The molecule has 0 amide bonds. The van der Waals surface area contributed by atoms with Crippen LogP contribution >= 0.6 is 32.9 Å². The van der Waals surface area contributed by atoms with E-state index in [1.807, 2.05) is 18.2 Å². The Kier molecular flexibility index (Phi) is 4.40. The van der Waals surface area contributed by atoms with E-state index in [0.717, 1.165) is 14.9 Å². The Balaban J connectivity index is 1.67. The summed E-state index contributed by atoms with van der Waals surface area (Å²) in [6, 6.07) is 18.7. The van der Waals surface area contributed by atoms with E-state index >= 15 is 0 Å². The number of hydrogen-bond donors (Lipinski definition) is 0. The van der Waals surface area contributed by atoms with Crippen LogP contribution in [-0.4, -0.2) is 10.2 Å². The molecule has 0 spiro atoms. The Morgan fingerprint density at radius 1 is 0.850 bits per heavy atom. The van der Waals surface area contributed by atoms with Crippen LogP contribution in [0.15, 0.2) is 63.8 Å². The van der Waals surface area contributed by atoms with Crippen LogP contribution in [0.4, 0.5) is 0 Å². The zero-order valence-electron chi connectivity index (χ0n) is 10.8. The summed E-state index contributed by atoms with van der Waals surface area (Å²) in [4.78, 5) is 1.23. The fourth-order valence-electron chi connectivity index (χ4n) is 1.62. The molecule has 5 heteroatoms. The van der Waals surface area contributed by atoms with Gasteiger partial charge in [-0.25, -0.2) is 0 Å². The highest BCUT2D eigenvalue weighted by Crippen LogP contribution is 2.40. The second-order valence-electron chi connectivity index (χ2n) is 4.22. The summed E-state index contributed by atoms with van der Waals surface area (Å²) in [6.07, 6.45) is 0. The molecule has 0 aliphatic rings. The molecule has 0 saturated heterocycles. The third kappa shape index (κ3) is 3.42. The highest BCUT2D eigenvalue weighted by Gasteiger charge is 2.07. The number of rotatable bonds is 4. The Bertz CT molecular complexity index is 678. The van der Waals surface area contributed by atoms with Crippen molar-refractivity contribution in [2.45, 2.75) is 16.2 Å². The molecule has 1 aromatic heterocycles. The average molecular weight is 316 g/mol. The van der Waals surface area contributed by atoms with Crippen molar-refractivity contribution in [2.24, 2.45) is 0 Å². The summed E-state index contributed by atoms with van der Waals surface area (Å²) in [5.74, 6) is 0. The van der Waals surface area contributed by atoms with Crippen LogP contribution in [0.1, 0.15) is 5.56 Å². The van der Waals surface area contributed by atoms with Gasteiger partial charge < -0.3 is 0 Å². The number of hydrogen-bond acceptors (Lipinski definition) is 5. The lowest BCUT2D eigenvalue weighted by Gasteiger charge is -1.98. The lowest BCUT2D eigenvalue weighted by atomic mass is 10.2. The number of benzene rings is 2. The van der Waals surface area contributed by atoms with E-state index < -0.39 is 0 Å². The summed E-state index contributed by atoms with van der Waals surface area (Å²) in [5, 5.41) is 9.45. The molecule has 3 rings (SSSR count). The highest BCUT2D eigenvalue weighted by atomic mass is 33.1. The van der Waals surface area contributed by atoms with Crippen molar-refractivity contribution in [3.8, 4) is 10.6 Å². The zero-order chi connectivity index (χ0) is 13.8. The first kappa shape index (κ1) is 13.7. The molecule has 2 nitrogen and oxygen atoms in total. The first-order valence-corrected chi connectivity index (χ1v) is 9.08. The van der Waals surface area contributed by atoms with Crippen LogP contribution in [-0.2, 0) is 0 Å². The van der Waals surface area contributed by atoms with Gasteiger partial charge in [0.05, 0.1) is 0 Å². The fourth-order valence-corrected chi connectivity index (χ4v) is 4.61. The van der Waals surface area contributed by atoms with Crippen LogP contribution < -0.4 is 0 Å². The largest absolute Gasteiger partial charge is 0.185 e. The van der Waals surface area contributed by atoms with Gasteiger partial charge in [-0.3, -0.25) is 0 Å². The van der Waals surface area contributed by atoms with Crippen molar-refractivity contribution >= 4 is 32.9 Å². The summed E-state index contributed by atoms with van der Waals surface area (Å²) in [7, 11) is 3.37. The fraction of sp³-hybridized carbons (Fsp3) is 0.0667. The van der Waals surface area contributed by atoms with Gasteiger partial charge in [0.25, 0.3) is 0 Å². The van der Waals surface area contributed by atoms with Crippen LogP contribution in [0.3, 0.4) is 0 Å². The Morgan fingerprint density at radius 2 is 1.60 bits per heavy atom. The van der Waals surface area contributed by atoms with Gasteiger partial charge in [-0.1, -0.05) is 70.2 Å². The normalized spacial score (nSPS) is 10.7. The summed E-state index contributed by atoms with van der Waals surface area (Å²) in [5.41, 5.74) is 2.40. The van der Waals surface area contributed by atoms with Crippen LogP contribution in [0.5, 0.6) is 0 Å². The van der Waals surface area contributed by atoms with Crippen molar-refractivity contribution < 1.29 is 0 Å². The smallest absolute Gasteiger partial charge is 0.137 e. The molecule has 0 atom stereocenters. The maximum Gasteiger partial charge on any atom is 0.185 e. The predicted molar refractivity (Wildman–Crippen MR) is 88.2 cm³/mol. The Labute approximate surface area is 130 Å². The summed E-state index contributed by atoms with van der Waals surface area (Å²) < 4.78 is 0.981. The van der Waals surface area contributed by atoms with E-state index in [9.17, 15) is 0 Å². The second kappa shape index (κ2) is 6.43. The minimum Gasteiger partial charge on any atom is -0.137 e. The lowest BCUT2D eigenvalue weighted by Crippen LogP contribution is -1.74. The standard InChI is InChI=1S/C15H12N2S3/c1-11-7-9-13(10-8-11)19-20-15-17-16-14(18-15)12-5-3-2-4-6-12/h2-10H,1H3. The van der Waals surface area contributed by atoms with E-state index in [-0.39, 0.29) is 0 Å². The van der Waals surface area contributed by atoms with Gasteiger partial charge in [0.1, 0.15) is 5.01 Å². The quantitative estimate of drug-likeness (QED) is 0.609. The molecule has 20 heavy (non-hydrogen) atoms. The first-order valence-electron chi connectivity index (χ1n) is 6.11. The molecule has 3 aromatic rings. The number of aryl methyl sites for hydroxylation is 1. The second-order valence-corrected chi connectivity index (χ2v) is 7.65. The molecular weight excluding hydrogens is 304 g/mol. The van der Waals surface area contributed by atoms with Crippen molar-refractivity contribution in [1.29, 1.82) is 0 Å². The highest BCUT2D eigenvalue weighted by molar-refractivity contribution is 8.77. The molecule has 0 fully saturated rings. The van der Waals surface area contributed by atoms with Gasteiger partial charge >= 0.3 is 0 Å². The third-order valence-electron chi connectivity index (χ3n) is 2.66. The molecule has 1 heterocycles. The molecule has 0 aliphatic carbocycles. The first-order chi connectivity index (χ1) is 9.81. The van der Waals surface area contributed by atoms with E-state index in [2.05, 4.69) is 53.5 Å². The van der Waals surface area contributed by atoms with Crippen molar-refractivity contribution in [2.75, 3.05) is 0 Å². The minimum atomic E-state index is 0.970. The van der Waals surface area contributed by atoms with E-state index in [0.29, 0.717) is 0 Å². The van der Waals surface area contributed by atoms with Gasteiger partial charge in [0.15, 0.2) is 4.34 Å². The average Bonchev–Trinajstić information content (AvgIpc) is 2.97. The number of nitrogens with zero attached hydrogens (tertiary/aromatic N) is 2. The molecule has 0 unspecified atom stereocenters. The molecule has 0 saturated carbocycles. The van der Waals surface area contributed by atoms with Crippen molar-refractivity contribution in [3.63, 3.8) is 0 Å². The summed E-state index contributed by atoms with van der Waals surface area (Å²) in [6.45, 7) is 2.10. The molecule has 2 aromatic carbocycles. The lowest BCUT2D eigenvalue weighted by molar-refractivity contribution is 1.02. The van der Waals surface area contributed by atoms with Gasteiger partial charge in [-0.05, 0) is 29.9 Å². The molecule has 100 valence electrons. The van der Waals surface area contributed by atoms with Gasteiger partial charge in [-0.2, -0.15) is 0 Å². The molecule has 0 aliphatic heterocycles. The Morgan fingerprint density at radius 3 is 2.35 bits per heavy atom. The molecule has 0 bridgehead atoms. The summed E-state index contributed by atoms with van der Waals surface area (Å²) >= 11 is 1.63. The topological polar surface area (TPSA) is 25.8 Å². The molecular formula is C15H12N2S3. The van der Waals surface area contributed by atoms with Crippen molar-refractivity contribution in [1.82, 2.24) is 10.2 Å². The number of aromatic nitrogens is 2. The van der Waals surface area contributed by atoms with Gasteiger partial charge in [-0.15, -0.1) is 10.2 Å². The molecule has 0 radical (unpaired) electrons. The van der Waals surface area contributed by atoms with E-state index in [1.165, 1.54) is 10.5 Å². The predicted octanol–water partition coefficient (Wildman–Crippen LogP) is 5.31. The van der Waals surface area contributed by atoms with Gasteiger partial charge in [0.2, 0.25) is 0 Å². The maximum absolute atomic E-state index is 4.25. The monoisotopic (exact) mass is 316 g/mol. The zero-order valence-corrected chi connectivity index (χ0v) is 13.3. The van der Waals surface area contributed by atoms with Crippen LogP contribution in [0.25, 0.3) is 10.6 Å². The van der Waals surface area contributed by atoms with Crippen LogP contribution in [0.2, 0.25) is 0 Å². The minimum absolute atomic E-state index is 0.970. The van der Waals surface area contributed by atoms with Gasteiger partial charge in [0, 0.05) is 10.5 Å². The van der Waals surface area contributed by atoms with Crippen LogP contribution in [0, 0.1) is 6.92 Å². The Hall–Kier alpha value is -1.30. The third-order valence-corrected chi connectivity index (χ3v) is 6.31.